The smallest absolute Gasteiger partial charge is 0.187 e. The second-order valence-corrected chi connectivity index (χ2v) is 24.2. The van der Waals surface area contributed by atoms with Crippen molar-refractivity contribution in [1.82, 2.24) is 4.90 Å². The Morgan fingerprint density at radius 2 is 1.14 bits per heavy atom. The van der Waals surface area contributed by atoms with Crippen LogP contribution in [0.15, 0.2) is 0 Å². The highest BCUT2D eigenvalue weighted by Gasteiger charge is 2.68. The van der Waals surface area contributed by atoms with Gasteiger partial charge in [-0.2, -0.15) is 0 Å². The lowest BCUT2D eigenvalue weighted by molar-refractivity contribution is -0.404. The molecule has 10 aliphatic rings. The fourth-order valence-corrected chi connectivity index (χ4v) is 16.8. The third-order valence-corrected chi connectivity index (χ3v) is 20.3. The number of aliphatic hydroxyl groups excluding tert-OH is 13. The summed E-state index contributed by atoms with van der Waals surface area (Å²) in [5, 5.41) is 141. The molecule has 6 aliphatic heterocycles. The maximum Gasteiger partial charge on any atom is 0.187 e. The molecule has 32 unspecified atom stereocenters. The van der Waals surface area contributed by atoms with Crippen LogP contribution in [0.5, 0.6) is 0 Å². The van der Waals surface area contributed by atoms with Crippen LogP contribution in [0, 0.1) is 52.3 Å². The standard InChI is InChI=1S/C50H83NO21/c1-19-11-27(55)33-20(2)32-26(51(33)14-19)13-25-23-6-5-21-12-22(7-9-49(21,3)24(23)8-10-50(25,32)4)66-46-41(64)38(61)42(31(17-54)69-46)70-48-44(72-47-40(63)37(60)35(58)29(15-52)67-47)43(36(59)30(16-53)68-48)71-45-39(62)34(57)28(56)18-65-45/h19-48,52-64H,5-18H2,1-4H3. The van der Waals surface area contributed by atoms with Crippen LogP contribution in [0.1, 0.15) is 85.5 Å². The average molecular weight is 1030 g/mol. The van der Waals surface area contributed by atoms with Gasteiger partial charge in [-0.3, -0.25) is 4.90 Å². The first-order valence-corrected chi connectivity index (χ1v) is 26.8. The van der Waals surface area contributed by atoms with Crippen molar-refractivity contribution < 1.29 is 104 Å². The van der Waals surface area contributed by atoms with Gasteiger partial charge in [0.2, 0.25) is 0 Å². The number of fused-ring (bicyclic) bond motifs is 9. The number of hydrogen-bond acceptors (Lipinski definition) is 22. The van der Waals surface area contributed by atoms with E-state index in [4.69, 9.17) is 37.9 Å². The van der Waals surface area contributed by atoms with E-state index in [1.165, 1.54) is 19.3 Å². The minimum absolute atomic E-state index is 0.0992. The number of aliphatic hydroxyl groups is 13. The topological polar surface area (TPSA) is 340 Å². The van der Waals surface area contributed by atoms with E-state index >= 15 is 0 Å². The third kappa shape index (κ3) is 9.16. The molecule has 0 aromatic rings. The van der Waals surface area contributed by atoms with E-state index in [0.717, 1.165) is 38.6 Å². The van der Waals surface area contributed by atoms with Gasteiger partial charge < -0.3 is 104 Å². The molecule has 0 bridgehead atoms. The minimum atomic E-state index is -2.00. The van der Waals surface area contributed by atoms with Crippen LogP contribution in [0.3, 0.4) is 0 Å². The molecule has 4 saturated carbocycles. The summed E-state index contributed by atoms with van der Waals surface area (Å²) >= 11 is 0. The molecule has 0 radical (unpaired) electrons. The lowest BCUT2D eigenvalue weighted by atomic mass is 9.44. The van der Waals surface area contributed by atoms with Gasteiger partial charge in [0.15, 0.2) is 25.2 Å². The predicted octanol–water partition coefficient (Wildman–Crippen LogP) is -3.36. The molecule has 72 heavy (non-hydrogen) atoms. The van der Waals surface area contributed by atoms with Crippen LogP contribution < -0.4 is 0 Å². The zero-order valence-electron chi connectivity index (χ0n) is 41.7. The van der Waals surface area contributed by atoms with Crippen molar-refractivity contribution in [2.45, 2.75) is 226 Å². The summed E-state index contributed by atoms with van der Waals surface area (Å²) in [6.45, 7) is 7.82. The Hall–Kier alpha value is -0.880. The van der Waals surface area contributed by atoms with Crippen LogP contribution >= 0.6 is 0 Å². The Balaban J connectivity index is 0.820. The van der Waals surface area contributed by atoms with Crippen molar-refractivity contribution in [2.75, 3.05) is 33.0 Å². The van der Waals surface area contributed by atoms with Crippen LogP contribution in [-0.4, -0.2) is 245 Å². The molecule has 32 atom stereocenters. The summed E-state index contributed by atoms with van der Waals surface area (Å²) in [7, 11) is 0. The number of ether oxygens (including phenoxy) is 8. The first-order chi connectivity index (χ1) is 34.2. The predicted molar refractivity (Wildman–Crippen MR) is 244 cm³/mol. The fraction of sp³-hybridized carbons (Fsp3) is 1.00. The summed E-state index contributed by atoms with van der Waals surface area (Å²) in [6, 6.07) is 0.785. The van der Waals surface area contributed by atoms with E-state index in [1.807, 2.05) is 0 Å². The van der Waals surface area contributed by atoms with Gasteiger partial charge in [0, 0.05) is 18.6 Å². The third-order valence-electron chi connectivity index (χ3n) is 20.3. The maximum absolute atomic E-state index is 11.8. The molecule has 4 aliphatic carbocycles. The Morgan fingerprint density at radius 3 is 1.86 bits per heavy atom. The van der Waals surface area contributed by atoms with E-state index in [2.05, 4.69) is 32.6 Å². The first kappa shape index (κ1) is 54.5. The Bertz CT molecular complexity index is 1840. The van der Waals surface area contributed by atoms with Gasteiger partial charge in [0.25, 0.3) is 0 Å². The van der Waals surface area contributed by atoms with Crippen molar-refractivity contribution in [1.29, 1.82) is 0 Å². The monoisotopic (exact) mass is 1030 g/mol. The van der Waals surface area contributed by atoms with Crippen LogP contribution in [0.25, 0.3) is 0 Å². The molecule has 414 valence electrons. The summed E-state index contributed by atoms with van der Waals surface area (Å²) in [6.07, 6.45) is -24.4. The Morgan fingerprint density at radius 1 is 0.528 bits per heavy atom. The van der Waals surface area contributed by atoms with Crippen LogP contribution in [0.2, 0.25) is 0 Å². The zero-order chi connectivity index (χ0) is 51.5. The number of piperidine rings is 1. The molecule has 22 heteroatoms. The van der Waals surface area contributed by atoms with E-state index in [-0.39, 0.29) is 29.1 Å². The molecule has 10 fully saturated rings. The van der Waals surface area contributed by atoms with Gasteiger partial charge >= 0.3 is 0 Å². The molecular formula is C50H83NO21. The number of rotatable bonds is 11. The molecule has 22 nitrogen and oxygen atoms in total. The largest absolute Gasteiger partial charge is 0.394 e. The van der Waals surface area contributed by atoms with E-state index in [1.54, 1.807) is 0 Å². The molecule has 6 heterocycles. The summed E-state index contributed by atoms with van der Waals surface area (Å²) in [5.74, 6) is 3.76. The van der Waals surface area contributed by atoms with Crippen molar-refractivity contribution in [3.05, 3.63) is 0 Å². The molecule has 0 amide bonds. The Kier molecular flexibility index (Phi) is 15.9. The van der Waals surface area contributed by atoms with Gasteiger partial charge in [-0.05, 0) is 110 Å². The van der Waals surface area contributed by atoms with Gasteiger partial charge in [-0.1, -0.05) is 27.7 Å². The molecule has 13 N–H and O–H groups in total. The van der Waals surface area contributed by atoms with Crippen molar-refractivity contribution in [2.24, 2.45) is 52.3 Å². The second kappa shape index (κ2) is 21.1. The lowest BCUT2D eigenvalue weighted by Gasteiger charge is -2.61. The van der Waals surface area contributed by atoms with Gasteiger partial charge in [-0.25, -0.2) is 0 Å². The van der Waals surface area contributed by atoms with Gasteiger partial charge in [0.1, 0.15) is 91.6 Å². The van der Waals surface area contributed by atoms with E-state index in [9.17, 15) is 66.4 Å². The minimum Gasteiger partial charge on any atom is -0.394 e. The number of nitrogens with zero attached hydrogens (tertiary/aromatic N) is 1. The maximum atomic E-state index is 11.8. The fourth-order valence-electron chi connectivity index (χ4n) is 16.8. The highest BCUT2D eigenvalue weighted by atomic mass is 16.8. The molecule has 0 spiro atoms. The highest BCUT2D eigenvalue weighted by molar-refractivity contribution is 5.18. The SMILES string of the molecule is CC1CC(O)C2C(C)C3C(CC4C5CCC6CC(OC7OC(CO)C(OC8OC(CO)C(O)C(OC9OCC(O)C(O)C9O)C8OC8OC(CO)C(O)C(O)C8O)C(O)C7O)CCC6(C)C5CCC43C)N2C1. The summed E-state index contributed by atoms with van der Waals surface area (Å²) < 4.78 is 47.9. The molecule has 0 aromatic heterocycles. The van der Waals surface area contributed by atoms with Gasteiger partial charge in [-0.15, -0.1) is 0 Å². The summed E-state index contributed by atoms with van der Waals surface area (Å²) in [5.41, 5.74) is 0.346. The van der Waals surface area contributed by atoms with Crippen LogP contribution in [-0.2, 0) is 37.9 Å². The second-order valence-electron chi connectivity index (χ2n) is 24.2. The quantitative estimate of drug-likeness (QED) is 0.0899. The summed E-state index contributed by atoms with van der Waals surface area (Å²) in [4.78, 5) is 2.71. The molecule has 10 rings (SSSR count). The lowest BCUT2D eigenvalue weighted by Crippen LogP contribution is -2.68. The van der Waals surface area contributed by atoms with Crippen molar-refractivity contribution in [3.63, 3.8) is 0 Å². The van der Waals surface area contributed by atoms with E-state index in [0.29, 0.717) is 53.9 Å². The normalized spacial score (nSPS) is 58.0. The zero-order valence-corrected chi connectivity index (χ0v) is 41.7. The number of hydrogen-bond donors (Lipinski definition) is 13. The Labute approximate surface area is 420 Å². The molecule has 0 aromatic carbocycles. The molecular weight excluding hydrogens is 951 g/mol. The highest BCUT2D eigenvalue weighted by Crippen LogP contribution is 2.71. The average Bonchev–Trinajstić information content (AvgIpc) is 3.83. The van der Waals surface area contributed by atoms with Crippen molar-refractivity contribution in [3.8, 4) is 0 Å². The van der Waals surface area contributed by atoms with E-state index < -0.39 is 143 Å². The van der Waals surface area contributed by atoms with Gasteiger partial charge in [0.05, 0.1) is 38.6 Å². The molecule has 6 saturated heterocycles. The first-order valence-electron chi connectivity index (χ1n) is 26.8. The van der Waals surface area contributed by atoms with Crippen molar-refractivity contribution >= 4 is 0 Å². The van der Waals surface area contributed by atoms with Crippen LogP contribution in [0.4, 0.5) is 0 Å².